The molecule has 0 bridgehead atoms. The summed E-state index contributed by atoms with van der Waals surface area (Å²) in [4.78, 5) is 0. The second-order valence-corrected chi connectivity index (χ2v) is 1.84. The summed E-state index contributed by atoms with van der Waals surface area (Å²) < 4.78 is 0. The Kier molecular flexibility index (Phi) is 3.24. The molecule has 0 radical (unpaired) electrons. The maximum atomic E-state index is 8.82. The second-order valence-electron chi connectivity index (χ2n) is 1.84. The molecule has 0 aromatic carbocycles. The van der Waals surface area contributed by atoms with E-state index in [9.17, 15) is 0 Å². The van der Waals surface area contributed by atoms with Gasteiger partial charge in [0.15, 0.2) is 0 Å². The van der Waals surface area contributed by atoms with Crippen molar-refractivity contribution in [3.05, 3.63) is 25.3 Å². The maximum Gasteiger partial charge on any atom is 0.244 e. The van der Waals surface area contributed by atoms with Crippen LogP contribution in [0.3, 0.4) is 0 Å². The van der Waals surface area contributed by atoms with E-state index in [1.807, 2.05) is 0 Å². The van der Waals surface area contributed by atoms with Crippen molar-refractivity contribution in [2.75, 3.05) is 0 Å². The molecule has 1 unspecified atom stereocenters. The third-order valence-electron chi connectivity index (χ3n) is 0.918. The molecule has 0 aromatic rings. The Hall–Kier alpha value is -0.680. The molecule has 5 N–H and O–H groups in total. The van der Waals surface area contributed by atoms with Gasteiger partial charge in [-0.2, -0.15) is 0 Å². The van der Waals surface area contributed by atoms with Crippen molar-refractivity contribution in [2.24, 2.45) is 5.73 Å². The number of hydrogen-bond acceptors (Lipinski definition) is 4. The van der Waals surface area contributed by atoms with Crippen LogP contribution in [-0.2, 0) is 0 Å². The third-order valence-corrected chi connectivity index (χ3v) is 0.918. The zero-order chi connectivity index (χ0) is 8.20. The Balaban J connectivity index is 3.86. The monoisotopic (exact) mass is 144 g/mol. The third kappa shape index (κ3) is 3.37. The molecule has 10 heavy (non-hydrogen) atoms. The number of aliphatic hydroxyl groups is 2. The molecule has 1 atom stereocenters. The SMILES string of the molecule is C=CC(N)NC(O)(O)C=C. The van der Waals surface area contributed by atoms with Crippen LogP contribution in [-0.4, -0.2) is 22.3 Å². The van der Waals surface area contributed by atoms with Crippen molar-refractivity contribution in [2.45, 2.75) is 12.1 Å². The first-order valence-corrected chi connectivity index (χ1v) is 2.76. The molecular weight excluding hydrogens is 132 g/mol. The Morgan fingerprint density at radius 1 is 1.50 bits per heavy atom. The molecule has 0 amide bonds. The van der Waals surface area contributed by atoms with Crippen LogP contribution in [0.15, 0.2) is 25.3 Å². The highest BCUT2D eigenvalue weighted by molar-refractivity contribution is 4.90. The van der Waals surface area contributed by atoms with E-state index in [1.54, 1.807) is 0 Å². The van der Waals surface area contributed by atoms with Crippen LogP contribution in [0.25, 0.3) is 0 Å². The number of nitrogens with two attached hydrogens (primary N) is 1. The minimum Gasteiger partial charge on any atom is -0.350 e. The van der Waals surface area contributed by atoms with E-state index in [4.69, 9.17) is 15.9 Å². The molecule has 0 spiro atoms. The maximum absolute atomic E-state index is 8.82. The number of hydrogen-bond donors (Lipinski definition) is 4. The lowest BCUT2D eigenvalue weighted by Gasteiger charge is -2.21. The lowest BCUT2D eigenvalue weighted by atomic mass is 10.4. The summed E-state index contributed by atoms with van der Waals surface area (Å²) in [5.41, 5.74) is 5.24. The van der Waals surface area contributed by atoms with Crippen LogP contribution >= 0.6 is 0 Å². The van der Waals surface area contributed by atoms with Gasteiger partial charge in [-0.1, -0.05) is 12.7 Å². The van der Waals surface area contributed by atoms with E-state index in [2.05, 4.69) is 18.5 Å². The summed E-state index contributed by atoms with van der Waals surface area (Å²) in [6.45, 7) is 6.50. The van der Waals surface area contributed by atoms with E-state index in [0.717, 1.165) is 6.08 Å². The van der Waals surface area contributed by atoms with Gasteiger partial charge in [0.1, 0.15) is 0 Å². The Morgan fingerprint density at radius 2 is 2.00 bits per heavy atom. The predicted octanol–water partition coefficient (Wildman–Crippen LogP) is -1.13. The fourth-order valence-corrected chi connectivity index (χ4v) is 0.363. The number of nitrogens with one attached hydrogen (secondary N) is 1. The first-order valence-electron chi connectivity index (χ1n) is 2.76. The molecule has 58 valence electrons. The highest BCUT2D eigenvalue weighted by Gasteiger charge is 2.18. The van der Waals surface area contributed by atoms with Crippen LogP contribution in [0.1, 0.15) is 0 Å². The molecule has 0 fully saturated rings. The zero-order valence-corrected chi connectivity index (χ0v) is 5.62. The minimum atomic E-state index is -2.12. The van der Waals surface area contributed by atoms with Crippen LogP contribution in [0.4, 0.5) is 0 Å². The smallest absolute Gasteiger partial charge is 0.244 e. The normalized spacial score (nSPS) is 14.3. The van der Waals surface area contributed by atoms with E-state index >= 15 is 0 Å². The fourth-order valence-electron chi connectivity index (χ4n) is 0.363. The molecule has 4 nitrogen and oxygen atoms in total. The molecule has 0 aliphatic carbocycles. The summed E-state index contributed by atoms with van der Waals surface area (Å²) >= 11 is 0. The lowest BCUT2D eigenvalue weighted by molar-refractivity contribution is -0.146. The Morgan fingerprint density at radius 3 is 2.30 bits per heavy atom. The second kappa shape index (κ2) is 3.48. The van der Waals surface area contributed by atoms with Crippen LogP contribution in [0, 0.1) is 0 Å². The highest BCUT2D eigenvalue weighted by Crippen LogP contribution is 1.94. The van der Waals surface area contributed by atoms with Gasteiger partial charge in [-0.15, -0.1) is 6.58 Å². The first-order chi connectivity index (χ1) is 4.52. The van der Waals surface area contributed by atoms with Gasteiger partial charge in [-0.05, 0) is 6.08 Å². The van der Waals surface area contributed by atoms with Crippen LogP contribution in [0.2, 0.25) is 0 Å². The average Bonchev–Trinajstić information content (AvgIpc) is 1.87. The summed E-state index contributed by atoms with van der Waals surface area (Å²) in [6.07, 6.45) is 1.61. The molecule has 0 aliphatic heterocycles. The average molecular weight is 144 g/mol. The van der Waals surface area contributed by atoms with E-state index in [1.165, 1.54) is 6.08 Å². The standard InChI is InChI=1S/C6H12N2O2/c1-3-5(7)8-6(9,10)4-2/h3-5,8-10H,1-2,7H2. The van der Waals surface area contributed by atoms with E-state index < -0.39 is 12.1 Å². The van der Waals surface area contributed by atoms with Crippen molar-refractivity contribution in [1.82, 2.24) is 5.32 Å². The zero-order valence-electron chi connectivity index (χ0n) is 5.62. The van der Waals surface area contributed by atoms with Crippen molar-refractivity contribution >= 4 is 0 Å². The van der Waals surface area contributed by atoms with Gasteiger partial charge in [0.25, 0.3) is 0 Å². The summed E-state index contributed by atoms with van der Waals surface area (Å²) in [7, 11) is 0. The molecule has 4 heteroatoms. The van der Waals surface area contributed by atoms with Crippen molar-refractivity contribution in [1.29, 1.82) is 0 Å². The molecule has 0 heterocycles. The molecule has 0 saturated heterocycles. The fraction of sp³-hybridized carbons (Fsp3) is 0.333. The van der Waals surface area contributed by atoms with Gasteiger partial charge in [0, 0.05) is 0 Å². The van der Waals surface area contributed by atoms with E-state index in [0.29, 0.717) is 0 Å². The first kappa shape index (κ1) is 9.32. The summed E-state index contributed by atoms with van der Waals surface area (Å²) in [5, 5.41) is 19.9. The predicted molar refractivity (Wildman–Crippen MR) is 38.7 cm³/mol. The molecule has 0 rings (SSSR count). The van der Waals surface area contributed by atoms with Crippen molar-refractivity contribution in [3.8, 4) is 0 Å². The largest absolute Gasteiger partial charge is 0.350 e. The molecule has 0 aliphatic rings. The lowest BCUT2D eigenvalue weighted by Crippen LogP contribution is -2.51. The number of rotatable bonds is 4. The van der Waals surface area contributed by atoms with Crippen LogP contribution < -0.4 is 11.1 Å². The van der Waals surface area contributed by atoms with Gasteiger partial charge in [0.05, 0.1) is 6.17 Å². The molecular formula is C6H12N2O2. The van der Waals surface area contributed by atoms with Crippen molar-refractivity contribution < 1.29 is 10.2 Å². The van der Waals surface area contributed by atoms with E-state index in [-0.39, 0.29) is 0 Å². The highest BCUT2D eigenvalue weighted by atomic mass is 16.5. The van der Waals surface area contributed by atoms with Crippen LogP contribution in [0.5, 0.6) is 0 Å². The Labute approximate surface area is 59.7 Å². The summed E-state index contributed by atoms with van der Waals surface area (Å²) in [5.74, 6) is -2.12. The topological polar surface area (TPSA) is 78.5 Å². The Bertz CT molecular complexity index is 134. The van der Waals surface area contributed by atoms with Gasteiger partial charge < -0.3 is 15.9 Å². The van der Waals surface area contributed by atoms with Gasteiger partial charge in [0.2, 0.25) is 5.91 Å². The van der Waals surface area contributed by atoms with Crippen molar-refractivity contribution in [3.63, 3.8) is 0 Å². The van der Waals surface area contributed by atoms with Gasteiger partial charge in [-0.3, -0.25) is 0 Å². The van der Waals surface area contributed by atoms with Gasteiger partial charge >= 0.3 is 0 Å². The molecule has 0 aromatic heterocycles. The summed E-state index contributed by atoms with van der Waals surface area (Å²) in [6, 6.07) is 0. The molecule has 0 saturated carbocycles. The van der Waals surface area contributed by atoms with Gasteiger partial charge in [-0.25, -0.2) is 5.32 Å². The minimum absolute atomic E-state index is 0.659. The quantitative estimate of drug-likeness (QED) is 0.297.